The summed E-state index contributed by atoms with van der Waals surface area (Å²) in [6.07, 6.45) is 0.748. The van der Waals surface area contributed by atoms with E-state index in [1.54, 1.807) is 32.9 Å². The number of carbonyl (C=O) groups excluding carboxylic acids is 1. The normalized spacial score (nSPS) is 9.40. The maximum atomic E-state index is 11.1. The zero-order valence-corrected chi connectivity index (χ0v) is 9.00. The number of allylic oxidation sites excluding steroid dienone is 1. The third-order valence-electron chi connectivity index (χ3n) is 1.19. The molecule has 0 rings (SSSR count). The average molecular weight is 207 g/mol. The Morgan fingerprint density at radius 1 is 1.40 bits per heavy atom. The van der Waals surface area contributed by atoms with Crippen molar-refractivity contribution in [1.82, 2.24) is 5.32 Å². The van der Waals surface area contributed by atoms with Crippen molar-refractivity contribution >= 4 is 6.09 Å². The van der Waals surface area contributed by atoms with Gasteiger partial charge in [0.25, 0.3) is 0 Å². The van der Waals surface area contributed by atoms with Crippen LogP contribution >= 0.6 is 0 Å². The Morgan fingerprint density at radius 3 is 2.33 bits per heavy atom. The number of nitrogens with zero attached hydrogens (tertiary/aromatic N) is 2. The molecule has 5 heteroatoms. The van der Waals surface area contributed by atoms with Gasteiger partial charge in [0, 0.05) is 6.54 Å². The fraction of sp³-hybridized carbons (Fsp3) is 0.500. The molecule has 0 aromatic rings. The molecule has 0 spiro atoms. The number of hydrogen-bond acceptors (Lipinski definition) is 4. The summed E-state index contributed by atoms with van der Waals surface area (Å²) in [4.78, 5) is 11.1. The standard InChI is InChI=1S/C10H13N3O2/c1-10(2,3)15-9(14)13-5-4-8(6-11)7-12/h4H,5H2,1-3H3,(H,13,14). The van der Waals surface area contributed by atoms with Gasteiger partial charge in [0.2, 0.25) is 0 Å². The third kappa shape index (κ3) is 7.09. The number of alkyl carbamates (subject to hydrolysis) is 1. The van der Waals surface area contributed by atoms with Gasteiger partial charge in [-0.2, -0.15) is 10.5 Å². The van der Waals surface area contributed by atoms with E-state index in [1.165, 1.54) is 6.08 Å². The van der Waals surface area contributed by atoms with E-state index in [1.807, 2.05) is 0 Å². The zero-order chi connectivity index (χ0) is 11.9. The van der Waals surface area contributed by atoms with Gasteiger partial charge in [-0.25, -0.2) is 4.79 Å². The lowest BCUT2D eigenvalue weighted by Gasteiger charge is -2.19. The van der Waals surface area contributed by atoms with Crippen LogP contribution in [-0.4, -0.2) is 18.2 Å². The first kappa shape index (κ1) is 13.0. The highest BCUT2D eigenvalue weighted by molar-refractivity contribution is 5.67. The quantitative estimate of drug-likeness (QED) is 0.695. The monoisotopic (exact) mass is 207 g/mol. The summed E-state index contributed by atoms with van der Waals surface area (Å²) in [5.41, 5.74) is -0.591. The van der Waals surface area contributed by atoms with Crippen molar-refractivity contribution in [2.45, 2.75) is 26.4 Å². The van der Waals surface area contributed by atoms with Crippen LogP contribution in [0.3, 0.4) is 0 Å². The van der Waals surface area contributed by atoms with Crippen LogP contribution in [-0.2, 0) is 4.74 Å². The van der Waals surface area contributed by atoms with Crippen LogP contribution in [0.15, 0.2) is 11.6 Å². The molecule has 0 saturated heterocycles. The molecular weight excluding hydrogens is 194 g/mol. The lowest BCUT2D eigenvalue weighted by atomic mass is 10.2. The Kier molecular flexibility index (Phi) is 4.90. The van der Waals surface area contributed by atoms with E-state index in [2.05, 4.69) is 5.32 Å². The molecule has 1 N–H and O–H groups in total. The van der Waals surface area contributed by atoms with Gasteiger partial charge in [-0.1, -0.05) is 0 Å². The predicted octanol–water partition coefficient (Wildman–Crippen LogP) is 1.48. The molecule has 0 radical (unpaired) electrons. The lowest BCUT2D eigenvalue weighted by Crippen LogP contribution is -2.32. The van der Waals surface area contributed by atoms with Gasteiger partial charge >= 0.3 is 6.09 Å². The smallest absolute Gasteiger partial charge is 0.407 e. The summed E-state index contributed by atoms with van der Waals surface area (Å²) in [6.45, 7) is 5.35. The Bertz CT molecular complexity index is 323. The molecule has 0 heterocycles. The molecule has 0 saturated carbocycles. The van der Waals surface area contributed by atoms with Gasteiger partial charge in [0.15, 0.2) is 0 Å². The number of amides is 1. The summed E-state index contributed by atoms with van der Waals surface area (Å²) < 4.78 is 4.94. The molecule has 0 aliphatic rings. The van der Waals surface area contributed by atoms with Crippen LogP contribution in [0.2, 0.25) is 0 Å². The van der Waals surface area contributed by atoms with Crippen LogP contribution in [0.25, 0.3) is 0 Å². The summed E-state index contributed by atoms with van der Waals surface area (Å²) in [7, 11) is 0. The largest absolute Gasteiger partial charge is 0.444 e. The lowest BCUT2D eigenvalue weighted by molar-refractivity contribution is 0.0534. The number of hydrogen-bond donors (Lipinski definition) is 1. The van der Waals surface area contributed by atoms with Gasteiger partial charge in [0.1, 0.15) is 23.3 Å². The maximum Gasteiger partial charge on any atom is 0.407 e. The first-order chi connectivity index (χ1) is 6.89. The Hall–Kier alpha value is -2.01. The van der Waals surface area contributed by atoms with Gasteiger partial charge in [-0.05, 0) is 26.8 Å². The third-order valence-corrected chi connectivity index (χ3v) is 1.19. The number of nitriles is 2. The van der Waals surface area contributed by atoms with Gasteiger partial charge in [-0.15, -0.1) is 0 Å². The van der Waals surface area contributed by atoms with Crippen molar-refractivity contribution < 1.29 is 9.53 Å². The summed E-state index contributed by atoms with van der Waals surface area (Å²) >= 11 is 0. The molecule has 15 heavy (non-hydrogen) atoms. The highest BCUT2D eigenvalue weighted by Crippen LogP contribution is 2.06. The Morgan fingerprint density at radius 2 is 1.93 bits per heavy atom. The number of rotatable bonds is 2. The average Bonchev–Trinajstić information content (AvgIpc) is 2.09. The van der Waals surface area contributed by atoms with E-state index in [4.69, 9.17) is 15.3 Å². The van der Waals surface area contributed by atoms with Gasteiger partial charge in [-0.3, -0.25) is 0 Å². The SMILES string of the molecule is CC(C)(C)OC(=O)NCC=C(C#N)C#N. The molecule has 80 valence electrons. The fourth-order valence-corrected chi connectivity index (χ4v) is 0.667. The number of carbonyl (C=O) groups is 1. The van der Waals surface area contributed by atoms with Crippen LogP contribution < -0.4 is 5.32 Å². The van der Waals surface area contributed by atoms with Crippen molar-refractivity contribution in [3.05, 3.63) is 11.6 Å². The van der Waals surface area contributed by atoms with E-state index in [-0.39, 0.29) is 12.1 Å². The maximum absolute atomic E-state index is 11.1. The second kappa shape index (κ2) is 5.66. The van der Waals surface area contributed by atoms with Crippen molar-refractivity contribution in [2.24, 2.45) is 0 Å². The van der Waals surface area contributed by atoms with E-state index in [0.29, 0.717) is 0 Å². The molecule has 1 amide bonds. The van der Waals surface area contributed by atoms with Crippen molar-refractivity contribution in [1.29, 1.82) is 10.5 Å². The molecule has 5 nitrogen and oxygen atoms in total. The second-order valence-electron chi connectivity index (χ2n) is 3.72. The fourth-order valence-electron chi connectivity index (χ4n) is 0.667. The molecule has 0 unspecified atom stereocenters. The van der Waals surface area contributed by atoms with Crippen molar-refractivity contribution in [3.63, 3.8) is 0 Å². The molecule has 0 fully saturated rings. The van der Waals surface area contributed by atoms with Gasteiger partial charge < -0.3 is 10.1 Å². The minimum Gasteiger partial charge on any atom is -0.444 e. The van der Waals surface area contributed by atoms with E-state index in [0.717, 1.165) is 0 Å². The summed E-state index contributed by atoms with van der Waals surface area (Å²) in [6, 6.07) is 3.36. The van der Waals surface area contributed by atoms with Gasteiger partial charge in [0.05, 0.1) is 0 Å². The predicted molar refractivity (Wildman–Crippen MR) is 53.5 cm³/mol. The molecule has 0 bridgehead atoms. The molecular formula is C10H13N3O2. The number of ether oxygens (including phenoxy) is 1. The zero-order valence-electron chi connectivity index (χ0n) is 9.00. The molecule has 0 aromatic carbocycles. The summed E-state index contributed by atoms with van der Waals surface area (Å²) in [5, 5.41) is 19.2. The summed E-state index contributed by atoms with van der Waals surface area (Å²) in [5.74, 6) is 0. The topological polar surface area (TPSA) is 85.9 Å². The van der Waals surface area contributed by atoms with Crippen LogP contribution in [0.5, 0.6) is 0 Å². The highest BCUT2D eigenvalue weighted by Gasteiger charge is 2.15. The Labute approximate surface area is 88.9 Å². The first-order valence-corrected chi connectivity index (χ1v) is 4.36. The van der Waals surface area contributed by atoms with Crippen LogP contribution in [0, 0.1) is 22.7 Å². The molecule has 0 aliphatic heterocycles. The molecule has 0 atom stereocenters. The van der Waals surface area contributed by atoms with Crippen LogP contribution in [0.1, 0.15) is 20.8 Å². The highest BCUT2D eigenvalue weighted by atomic mass is 16.6. The first-order valence-electron chi connectivity index (χ1n) is 4.36. The Balaban J connectivity index is 4.00. The minimum atomic E-state index is -0.575. The second-order valence-corrected chi connectivity index (χ2v) is 3.72. The molecule has 0 aromatic heterocycles. The van der Waals surface area contributed by atoms with E-state index in [9.17, 15) is 4.79 Å². The minimum absolute atomic E-state index is 0.0361. The molecule has 0 aliphatic carbocycles. The van der Waals surface area contributed by atoms with Crippen molar-refractivity contribution in [3.8, 4) is 12.1 Å². The van der Waals surface area contributed by atoms with E-state index >= 15 is 0 Å². The van der Waals surface area contributed by atoms with E-state index < -0.39 is 11.7 Å². The number of nitrogens with one attached hydrogen (secondary N) is 1. The van der Waals surface area contributed by atoms with Crippen LogP contribution in [0.4, 0.5) is 4.79 Å². The van der Waals surface area contributed by atoms with Crippen molar-refractivity contribution in [2.75, 3.05) is 6.54 Å².